The standard InChI is InChI=1S/C21H24N2O2/c1-25-20(13-12-17-8-4-2-5-9-17)21(24)23-15-14-19(16-22)18-10-6-3-7-11-18/h2-11,19-20H,12-15H2,1H3,(H,23,24)/t19-,20-/m1/s1. The lowest BCUT2D eigenvalue weighted by atomic mass is 9.97. The lowest BCUT2D eigenvalue weighted by Crippen LogP contribution is -2.37. The van der Waals surface area contributed by atoms with E-state index in [4.69, 9.17) is 4.74 Å². The van der Waals surface area contributed by atoms with E-state index in [0.717, 1.165) is 12.0 Å². The van der Waals surface area contributed by atoms with Crippen molar-refractivity contribution in [3.8, 4) is 6.07 Å². The van der Waals surface area contributed by atoms with E-state index in [1.165, 1.54) is 5.56 Å². The Kier molecular flexibility index (Phi) is 7.68. The molecule has 0 saturated carbocycles. The monoisotopic (exact) mass is 336 g/mol. The molecule has 2 aromatic rings. The van der Waals surface area contributed by atoms with Crippen LogP contribution >= 0.6 is 0 Å². The van der Waals surface area contributed by atoms with Crippen LogP contribution in [0.5, 0.6) is 0 Å². The molecule has 0 aliphatic carbocycles. The first-order chi connectivity index (χ1) is 12.2. The minimum Gasteiger partial charge on any atom is -0.372 e. The molecule has 0 aromatic heterocycles. The van der Waals surface area contributed by atoms with Crippen LogP contribution in [0.2, 0.25) is 0 Å². The summed E-state index contributed by atoms with van der Waals surface area (Å²) in [6.07, 6.45) is 1.53. The molecule has 130 valence electrons. The van der Waals surface area contributed by atoms with Crippen LogP contribution in [-0.4, -0.2) is 25.7 Å². The third kappa shape index (κ3) is 6.06. The maximum absolute atomic E-state index is 12.3. The SMILES string of the molecule is CO[C@H](CCc1ccccc1)C(=O)NCC[C@H](C#N)c1ccccc1. The molecule has 0 bridgehead atoms. The van der Waals surface area contributed by atoms with E-state index in [1.54, 1.807) is 7.11 Å². The van der Waals surface area contributed by atoms with Gasteiger partial charge in [-0.05, 0) is 30.4 Å². The van der Waals surface area contributed by atoms with Crippen LogP contribution in [-0.2, 0) is 16.0 Å². The number of amides is 1. The van der Waals surface area contributed by atoms with Crippen molar-refractivity contribution in [3.63, 3.8) is 0 Å². The van der Waals surface area contributed by atoms with Gasteiger partial charge >= 0.3 is 0 Å². The number of rotatable bonds is 9. The zero-order valence-electron chi connectivity index (χ0n) is 14.5. The van der Waals surface area contributed by atoms with Gasteiger partial charge in [-0.2, -0.15) is 5.26 Å². The number of hydrogen-bond acceptors (Lipinski definition) is 3. The fraction of sp³-hybridized carbons (Fsp3) is 0.333. The second kappa shape index (κ2) is 10.3. The van der Waals surface area contributed by atoms with E-state index in [2.05, 4.69) is 11.4 Å². The van der Waals surface area contributed by atoms with Crippen molar-refractivity contribution in [1.82, 2.24) is 5.32 Å². The Morgan fingerprint density at radius 1 is 1.08 bits per heavy atom. The molecule has 0 heterocycles. The van der Waals surface area contributed by atoms with Crippen LogP contribution < -0.4 is 5.32 Å². The molecule has 0 aliphatic rings. The normalized spacial score (nSPS) is 12.8. The third-order valence-corrected chi connectivity index (χ3v) is 4.20. The number of ether oxygens (including phenoxy) is 1. The van der Waals surface area contributed by atoms with E-state index in [1.807, 2.05) is 60.7 Å². The first kappa shape index (κ1) is 18.7. The van der Waals surface area contributed by atoms with E-state index in [0.29, 0.717) is 19.4 Å². The molecule has 1 amide bonds. The van der Waals surface area contributed by atoms with Crippen LogP contribution in [0, 0.1) is 11.3 Å². The Labute approximate surface area is 149 Å². The first-order valence-corrected chi connectivity index (χ1v) is 8.53. The highest BCUT2D eigenvalue weighted by atomic mass is 16.5. The topological polar surface area (TPSA) is 62.1 Å². The first-order valence-electron chi connectivity index (χ1n) is 8.53. The Hall–Kier alpha value is -2.64. The third-order valence-electron chi connectivity index (χ3n) is 4.20. The second-order valence-electron chi connectivity index (χ2n) is 5.92. The van der Waals surface area contributed by atoms with Gasteiger partial charge in [0, 0.05) is 13.7 Å². The number of aryl methyl sites for hydroxylation is 1. The zero-order valence-corrected chi connectivity index (χ0v) is 14.5. The van der Waals surface area contributed by atoms with Crippen LogP contribution in [0.25, 0.3) is 0 Å². The number of carbonyl (C=O) groups excluding carboxylic acids is 1. The predicted octanol–water partition coefficient (Wildman–Crippen LogP) is 3.45. The molecular formula is C21H24N2O2. The van der Waals surface area contributed by atoms with Gasteiger partial charge < -0.3 is 10.1 Å². The molecule has 0 spiro atoms. The summed E-state index contributed by atoms with van der Waals surface area (Å²) in [6, 6.07) is 22.0. The number of carbonyl (C=O) groups is 1. The fourth-order valence-electron chi connectivity index (χ4n) is 2.74. The molecule has 2 atom stereocenters. The van der Waals surface area contributed by atoms with Crippen molar-refractivity contribution in [1.29, 1.82) is 5.26 Å². The summed E-state index contributed by atoms with van der Waals surface area (Å²) < 4.78 is 5.33. The molecule has 2 aromatic carbocycles. The molecule has 2 rings (SSSR count). The Bertz CT molecular complexity index is 680. The smallest absolute Gasteiger partial charge is 0.249 e. The highest BCUT2D eigenvalue weighted by Gasteiger charge is 2.18. The number of nitrogens with zero attached hydrogens (tertiary/aromatic N) is 1. The Morgan fingerprint density at radius 2 is 1.72 bits per heavy atom. The van der Waals surface area contributed by atoms with Gasteiger partial charge in [-0.15, -0.1) is 0 Å². The lowest BCUT2D eigenvalue weighted by Gasteiger charge is -2.16. The summed E-state index contributed by atoms with van der Waals surface area (Å²) in [7, 11) is 1.55. The molecule has 0 aliphatic heterocycles. The number of nitrogens with one attached hydrogen (secondary N) is 1. The number of benzene rings is 2. The Morgan fingerprint density at radius 3 is 2.32 bits per heavy atom. The molecule has 4 heteroatoms. The van der Waals surface area contributed by atoms with E-state index < -0.39 is 6.10 Å². The van der Waals surface area contributed by atoms with Gasteiger partial charge in [0.25, 0.3) is 0 Å². The molecule has 0 radical (unpaired) electrons. The van der Waals surface area contributed by atoms with Gasteiger partial charge in [0.05, 0.1) is 12.0 Å². The van der Waals surface area contributed by atoms with Gasteiger partial charge in [0.2, 0.25) is 5.91 Å². The fourth-order valence-corrected chi connectivity index (χ4v) is 2.74. The van der Waals surface area contributed by atoms with Crippen LogP contribution in [0.1, 0.15) is 29.9 Å². The maximum atomic E-state index is 12.3. The quantitative estimate of drug-likeness (QED) is 0.763. The minimum atomic E-state index is -0.475. The summed E-state index contributed by atoms with van der Waals surface area (Å²) >= 11 is 0. The zero-order chi connectivity index (χ0) is 17.9. The van der Waals surface area contributed by atoms with Crippen LogP contribution in [0.4, 0.5) is 0 Å². The molecule has 0 unspecified atom stereocenters. The summed E-state index contributed by atoms with van der Waals surface area (Å²) in [4.78, 5) is 12.3. The van der Waals surface area contributed by atoms with Crippen molar-refractivity contribution in [2.75, 3.05) is 13.7 Å². The van der Waals surface area contributed by atoms with Crippen molar-refractivity contribution < 1.29 is 9.53 Å². The minimum absolute atomic E-state index is 0.122. The molecule has 1 N–H and O–H groups in total. The largest absolute Gasteiger partial charge is 0.372 e. The van der Waals surface area contributed by atoms with Crippen molar-refractivity contribution in [2.24, 2.45) is 0 Å². The van der Waals surface area contributed by atoms with Crippen LogP contribution in [0.3, 0.4) is 0 Å². The maximum Gasteiger partial charge on any atom is 0.249 e. The van der Waals surface area contributed by atoms with Gasteiger partial charge in [0.15, 0.2) is 0 Å². The highest BCUT2D eigenvalue weighted by Crippen LogP contribution is 2.17. The van der Waals surface area contributed by atoms with Gasteiger partial charge in [0.1, 0.15) is 6.10 Å². The molecule has 0 saturated heterocycles. The van der Waals surface area contributed by atoms with Gasteiger partial charge in [-0.25, -0.2) is 0 Å². The number of hydrogen-bond donors (Lipinski definition) is 1. The average molecular weight is 336 g/mol. The highest BCUT2D eigenvalue weighted by molar-refractivity contribution is 5.80. The number of methoxy groups -OCH3 is 1. The van der Waals surface area contributed by atoms with Crippen molar-refractivity contribution in [3.05, 3.63) is 71.8 Å². The van der Waals surface area contributed by atoms with Gasteiger partial charge in [-0.3, -0.25) is 4.79 Å². The van der Waals surface area contributed by atoms with Crippen LogP contribution in [0.15, 0.2) is 60.7 Å². The lowest BCUT2D eigenvalue weighted by molar-refractivity contribution is -0.131. The van der Waals surface area contributed by atoms with E-state index in [9.17, 15) is 10.1 Å². The molecule has 25 heavy (non-hydrogen) atoms. The van der Waals surface area contributed by atoms with Crippen molar-refractivity contribution >= 4 is 5.91 Å². The van der Waals surface area contributed by atoms with E-state index >= 15 is 0 Å². The van der Waals surface area contributed by atoms with Crippen molar-refractivity contribution in [2.45, 2.75) is 31.3 Å². The molecular weight excluding hydrogens is 312 g/mol. The summed E-state index contributed by atoms with van der Waals surface area (Å²) in [5.74, 6) is -0.338. The predicted molar refractivity (Wildman–Crippen MR) is 98.0 cm³/mol. The second-order valence-corrected chi connectivity index (χ2v) is 5.92. The summed E-state index contributed by atoms with van der Waals surface area (Å²) in [6.45, 7) is 0.456. The number of nitriles is 1. The Balaban J connectivity index is 1.78. The molecule has 4 nitrogen and oxygen atoms in total. The summed E-state index contributed by atoms with van der Waals surface area (Å²) in [5, 5.41) is 12.2. The average Bonchev–Trinajstić information content (AvgIpc) is 2.67. The van der Waals surface area contributed by atoms with E-state index in [-0.39, 0.29) is 11.8 Å². The molecule has 0 fully saturated rings. The van der Waals surface area contributed by atoms with Gasteiger partial charge in [-0.1, -0.05) is 60.7 Å². The summed E-state index contributed by atoms with van der Waals surface area (Å²) in [5.41, 5.74) is 2.16.